The molecule has 192 valence electrons. The highest BCUT2D eigenvalue weighted by Crippen LogP contribution is 2.32. The number of hydrogen-bond acceptors (Lipinski definition) is 6. The summed E-state index contributed by atoms with van der Waals surface area (Å²) in [5.74, 6) is -0.800. The van der Waals surface area contributed by atoms with E-state index in [1.807, 2.05) is 11.0 Å². The summed E-state index contributed by atoms with van der Waals surface area (Å²) in [5.41, 5.74) is -0.510. The van der Waals surface area contributed by atoms with Gasteiger partial charge in [0.05, 0.1) is 47.8 Å². The van der Waals surface area contributed by atoms with Crippen LogP contribution in [0.2, 0.25) is 10.0 Å². The number of likely N-dealkylation sites (tertiary alicyclic amines) is 1. The minimum Gasteiger partial charge on any atom is -0.450 e. The number of halogens is 2. The van der Waals surface area contributed by atoms with Gasteiger partial charge in [-0.2, -0.15) is 0 Å². The van der Waals surface area contributed by atoms with Crippen LogP contribution in [-0.4, -0.2) is 95.6 Å². The van der Waals surface area contributed by atoms with Crippen molar-refractivity contribution in [2.75, 3.05) is 39.4 Å². The average Bonchev–Trinajstić information content (AvgIpc) is 3.34. The van der Waals surface area contributed by atoms with Crippen molar-refractivity contribution >= 4 is 41.0 Å². The number of rotatable bonds is 5. The molecule has 35 heavy (non-hydrogen) atoms. The van der Waals surface area contributed by atoms with E-state index in [2.05, 4.69) is 4.90 Å². The number of carbonyl (C=O) groups excluding carboxylic acids is 3. The molecule has 8 nitrogen and oxygen atoms in total. The lowest BCUT2D eigenvalue weighted by atomic mass is 9.89. The molecule has 10 heteroatoms. The Hall–Kier alpha value is -1.87. The van der Waals surface area contributed by atoms with Gasteiger partial charge >= 0.3 is 5.97 Å². The first-order valence-electron chi connectivity index (χ1n) is 12.1. The van der Waals surface area contributed by atoms with Gasteiger partial charge in [0.15, 0.2) is 5.60 Å². The number of nitrogens with zero attached hydrogens (tertiary/aromatic N) is 3. The summed E-state index contributed by atoms with van der Waals surface area (Å²) in [6.45, 7) is 7.97. The molecule has 3 fully saturated rings. The zero-order valence-electron chi connectivity index (χ0n) is 20.5. The molecule has 0 bridgehead atoms. The largest absolute Gasteiger partial charge is 0.450 e. The second-order valence-corrected chi connectivity index (χ2v) is 10.8. The van der Waals surface area contributed by atoms with E-state index in [1.165, 1.54) is 6.92 Å². The third-order valence-electron chi connectivity index (χ3n) is 7.15. The van der Waals surface area contributed by atoms with Crippen molar-refractivity contribution in [3.05, 3.63) is 33.8 Å². The standard InChI is InChI=1S/C25H33Cl2N3O5/c1-16(31)35-25(2,3)24(33)29-10-11-30(22(32)13-17-6-7-18(26)19(27)12-17)23-20(14-34-15-21(23)29)28-8-4-5-9-28/h6-7,12,20-21,23H,4-5,8-11,13-15H2,1-3H3/t20?,21?,23-/m1/s1. The van der Waals surface area contributed by atoms with Crippen LogP contribution >= 0.6 is 23.2 Å². The molecule has 0 N–H and O–H groups in total. The summed E-state index contributed by atoms with van der Waals surface area (Å²) in [6.07, 6.45) is 2.40. The zero-order valence-corrected chi connectivity index (χ0v) is 22.0. The van der Waals surface area contributed by atoms with Crippen LogP contribution in [0.25, 0.3) is 0 Å². The number of amides is 2. The van der Waals surface area contributed by atoms with E-state index in [-0.39, 0.29) is 36.4 Å². The smallest absolute Gasteiger partial charge is 0.303 e. The lowest BCUT2D eigenvalue weighted by Gasteiger charge is -2.55. The molecule has 3 aliphatic heterocycles. The molecule has 3 aliphatic rings. The van der Waals surface area contributed by atoms with Gasteiger partial charge in [-0.1, -0.05) is 29.3 Å². The summed E-state index contributed by atoms with van der Waals surface area (Å²) >= 11 is 12.2. The van der Waals surface area contributed by atoms with Crippen molar-refractivity contribution in [3.8, 4) is 0 Å². The molecule has 1 aromatic carbocycles. The topological polar surface area (TPSA) is 79.4 Å². The van der Waals surface area contributed by atoms with E-state index < -0.39 is 11.6 Å². The lowest BCUT2D eigenvalue weighted by Crippen LogP contribution is -2.73. The Morgan fingerprint density at radius 3 is 2.31 bits per heavy atom. The molecule has 0 spiro atoms. The van der Waals surface area contributed by atoms with Crippen molar-refractivity contribution in [2.45, 2.75) is 63.8 Å². The van der Waals surface area contributed by atoms with Gasteiger partial charge in [0.25, 0.3) is 5.91 Å². The van der Waals surface area contributed by atoms with E-state index in [4.69, 9.17) is 32.7 Å². The highest BCUT2D eigenvalue weighted by molar-refractivity contribution is 6.42. The lowest BCUT2D eigenvalue weighted by molar-refractivity contribution is -0.180. The number of fused-ring (bicyclic) bond motifs is 1. The molecule has 0 aliphatic carbocycles. The molecule has 0 radical (unpaired) electrons. The summed E-state index contributed by atoms with van der Waals surface area (Å²) < 4.78 is 11.3. The van der Waals surface area contributed by atoms with Crippen molar-refractivity contribution in [1.29, 1.82) is 0 Å². The van der Waals surface area contributed by atoms with Crippen LogP contribution in [0, 0.1) is 0 Å². The Balaban J connectivity index is 1.61. The van der Waals surface area contributed by atoms with E-state index in [9.17, 15) is 14.4 Å². The van der Waals surface area contributed by atoms with Crippen molar-refractivity contribution in [1.82, 2.24) is 14.7 Å². The second-order valence-electron chi connectivity index (χ2n) is 10.0. The molecular weight excluding hydrogens is 493 g/mol. The molecule has 3 atom stereocenters. The number of piperazine rings is 1. The Bertz CT molecular complexity index is 982. The summed E-state index contributed by atoms with van der Waals surface area (Å²) in [6, 6.07) is 4.67. The SMILES string of the molecule is CC(=O)OC(C)(C)C(=O)N1CCN(C(=O)Cc2ccc(Cl)c(Cl)c2)[C@@H]2C(N3CCCC3)COCC21. The molecule has 1 aromatic rings. The van der Waals surface area contributed by atoms with Crippen LogP contribution in [0.5, 0.6) is 0 Å². The molecular formula is C25H33Cl2N3O5. The summed E-state index contributed by atoms with van der Waals surface area (Å²) in [7, 11) is 0. The maximum absolute atomic E-state index is 13.6. The molecule has 3 heterocycles. The maximum Gasteiger partial charge on any atom is 0.303 e. The molecule has 2 amide bonds. The normalized spacial score (nSPS) is 25.3. The first-order chi connectivity index (χ1) is 16.6. The highest BCUT2D eigenvalue weighted by atomic mass is 35.5. The van der Waals surface area contributed by atoms with Gasteiger partial charge in [0, 0.05) is 20.0 Å². The van der Waals surface area contributed by atoms with E-state index >= 15 is 0 Å². The molecule has 0 saturated carbocycles. The van der Waals surface area contributed by atoms with E-state index in [0.29, 0.717) is 36.3 Å². The van der Waals surface area contributed by atoms with Gasteiger partial charge in [-0.15, -0.1) is 0 Å². The number of esters is 1. The third kappa shape index (κ3) is 5.61. The summed E-state index contributed by atoms with van der Waals surface area (Å²) in [5, 5.41) is 0.864. The highest BCUT2D eigenvalue weighted by Gasteiger charge is 2.51. The molecule has 2 unspecified atom stereocenters. The fraction of sp³-hybridized carbons (Fsp3) is 0.640. The van der Waals surface area contributed by atoms with Gasteiger partial charge in [-0.3, -0.25) is 19.3 Å². The predicted octanol–water partition coefficient (Wildman–Crippen LogP) is 2.78. The van der Waals surface area contributed by atoms with Crippen molar-refractivity contribution in [3.63, 3.8) is 0 Å². The minimum absolute atomic E-state index is 0.0126. The first kappa shape index (κ1) is 26.2. The predicted molar refractivity (Wildman–Crippen MR) is 132 cm³/mol. The van der Waals surface area contributed by atoms with Crippen LogP contribution in [0.4, 0.5) is 0 Å². The maximum atomic E-state index is 13.6. The van der Waals surface area contributed by atoms with Gasteiger partial charge < -0.3 is 19.3 Å². The minimum atomic E-state index is -1.30. The Kier molecular flexibility index (Phi) is 7.95. The van der Waals surface area contributed by atoms with Gasteiger partial charge in [-0.05, 0) is 57.5 Å². The number of carbonyl (C=O) groups is 3. The van der Waals surface area contributed by atoms with Crippen molar-refractivity contribution in [2.24, 2.45) is 0 Å². The van der Waals surface area contributed by atoms with Gasteiger partial charge in [-0.25, -0.2) is 0 Å². The quantitative estimate of drug-likeness (QED) is 0.550. The number of ether oxygens (including phenoxy) is 2. The average molecular weight is 526 g/mol. The molecule has 0 aromatic heterocycles. The van der Waals surface area contributed by atoms with Gasteiger partial charge in [0.2, 0.25) is 5.91 Å². The van der Waals surface area contributed by atoms with Crippen LogP contribution < -0.4 is 0 Å². The molecule has 4 rings (SSSR count). The van der Waals surface area contributed by atoms with E-state index in [1.54, 1.807) is 30.9 Å². The Morgan fingerprint density at radius 2 is 1.66 bits per heavy atom. The van der Waals surface area contributed by atoms with Crippen LogP contribution in [-0.2, 0) is 30.3 Å². The van der Waals surface area contributed by atoms with Gasteiger partial charge in [0.1, 0.15) is 0 Å². The van der Waals surface area contributed by atoms with E-state index in [0.717, 1.165) is 31.5 Å². The third-order valence-corrected chi connectivity index (χ3v) is 7.89. The monoisotopic (exact) mass is 525 g/mol. The fourth-order valence-corrected chi connectivity index (χ4v) is 5.92. The Morgan fingerprint density at radius 1 is 1.00 bits per heavy atom. The summed E-state index contributed by atoms with van der Waals surface area (Å²) in [4.78, 5) is 44.8. The van der Waals surface area contributed by atoms with Crippen molar-refractivity contribution < 1.29 is 23.9 Å². The number of hydrogen-bond donors (Lipinski definition) is 0. The van der Waals surface area contributed by atoms with Crippen LogP contribution in [0.1, 0.15) is 39.2 Å². The zero-order chi connectivity index (χ0) is 25.3. The molecule has 3 saturated heterocycles. The number of benzene rings is 1. The second kappa shape index (κ2) is 10.6. The van der Waals surface area contributed by atoms with Crippen LogP contribution in [0.15, 0.2) is 18.2 Å². The first-order valence-corrected chi connectivity index (χ1v) is 12.9. The van der Waals surface area contributed by atoms with Crippen LogP contribution in [0.3, 0.4) is 0 Å². The fourth-order valence-electron chi connectivity index (χ4n) is 5.60. The Labute approximate surface area is 216 Å².